The SMILES string of the molecule is Cc1cc2cc(N3CC(S(=O)(=O)F)CC3=O)ccc2[nH]1. The molecule has 2 aromatic rings. The third-order valence-electron chi connectivity index (χ3n) is 3.54. The van der Waals surface area contributed by atoms with Gasteiger partial charge in [0.1, 0.15) is 5.25 Å². The van der Waals surface area contributed by atoms with Crippen molar-refractivity contribution >= 4 is 32.7 Å². The molecule has 1 N–H and O–H groups in total. The van der Waals surface area contributed by atoms with Crippen LogP contribution in [-0.2, 0) is 15.0 Å². The summed E-state index contributed by atoms with van der Waals surface area (Å²) in [6.07, 6.45) is -0.303. The van der Waals surface area contributed by atoms with Gasteiger partial charge in [-0.15, -0.1) is 3.89 Å². The lowest BCUT2D eigenvalue weighted by atomic mass is 10.2. The van der Waals surface area contributed by atoms with Crippen molar-refractivity contribution in [2.45, 2.75) is 18.6 Å². The minimum absolute atomic E-state index is 0.132. The first-order valence-corrected chi connectivity index (χ1v) is 7.62. The van der Waals surface area contributed by atoms with Gasteiger partial charge in [-0.3, -0.25) is 4.79 Å². The van der Waals surface area contributed by atoms with Gasteiger partial charge >= 0.3 is 10.2 Å². The average Bonchev–Trinajstić information content (AvgIpc) is 2.89. The molecule has 0 radical (unpaired) electrons. The molecule has 0 bridgehead atoms. The average molecular weight is 296 g/mol. The van der Waals surface area contributed by atoms with Crippen molar-refractivity contribution in [1.29, 1.82) is 0 Å². The summed E-state index contributed by atoms with van der Waals surface area (Å²) >= 11 is 0. The zero-order valence-electron chi connectivity index (χ0n) is 10.8. The van der Waals surface area contributed by atoms with Crippen LogP contribution in [-0.4, -0.2) is 31.1 Å². The Hall–Kier alpha value is -1.89. The van der Waals surface area contributed by atoms with Gasteiger partial charge in [-0.05, 0) is 31.2 Å². The normalized spacial score (nSPS) is 20.0. The van der Waals surface area contributed by atoms with Crippen LogP contribution in [0.25, 0.3) is 10.9 Å². The number of carbonyl (C=O) groups is 1. The summed E-state index contributed by atoms with van der Waals surface area (Å²) in [5.41, 5.74) is 2.52. The summed E-state index contributed by atoms with van der Waals surface area (Å²) in [5, 5.41) is -0.335. The maximum atomic E-state index is 13.0. The summed E-state index contributed by atoms with van der Waals surface area (Å²) in [5.74, 6) is -0.372. The van der Waals surface area contributed by atoms with Crippen molar-refractivity contribution in [3.05, 3.63) is 30.0 Å². The molecule has 1 aliphatic rings. The summed E-state index contributed by atoms with van der Waals surface area (Å²) in [6, 6.07) is 7.28. The molecule has 1 aromatic heterocycles. The quantitative estimate of drug-likeness (QED) is 0.860. The number of fused-ring (bicyclic) bond motifs is 1. The lowest BCUT2D eigenvalue weighted by Crippen LogP contribution is -2.26. The molecule has 1 aliphatic heterocycles. The van der Waals surface area contributed by atoms with Crippen LogP contribution in [0.15, 0.2) is 24.3 Å². The lowest BCUT2D eigenvalue weighted by molar-refractivity contribution is -0.117. The van der Waals surface area contributed by atoms with E-state index in [1.807, 2.05) is 19.1 Å². The minimum atomic E-state index is -4.68. The van der Waals surface area contributed by atoms with E-state index in [0.717, 1.165) is 16.6 Å². The van der Waals surface area contributed by atoms with Crippen molar-refractivity contribution in [2.75, 3.05) is 11.4 Å². The number of nitrogens with one attached hydrogen (secondary N) is 1. The third kappa shape index (κ3) is 2.18. The minimum Gasteiger partial charge on any atom is -0.359 e. The van der Waals surface area contributed by atoms with Crippen LogP contribution in [0.1, 0.15) is 12.1 Å². The number of halogens is 1. The maximum Gasteiger partial charge on any atom is 0.307 e. The Kier molecular flexibility index (Phi) is 2.82. The Bertz CT molecular complexity index is 797. The topological polar surface area (TPSA) is 70.2 Å². The molecule has 1 fully saturated rings. The van der Waals surface area contributed by atoms with Gasteiger partial charge in [0.05, 0.1) is 0 Å². The number of aromatic nitrogens is 1. The van der Waals surface area contributed by atoms with Gasteiger partial charge in [0.15, 0.2) is 0 Å². The number of amides is 1. The highest BCUT2D eigenvalue weighted by Gasteiger charge is 2.39. The summed E-state index contributed by atoms with van der Waals surface area (Å²) in [6.45, 7) is 1.79. The van der Waals surface area contributed by atoms with Gasteiger partial charge in [0.2, 0.25) is 5.91 Å². The van der Waals surface area contributed by atoms with E-state index in [1.165, 1.54) is 4.90 Å². The molecular formula is C13H13FN2O3S. The molecular weight excluding hydrogens is 283 g/mol. The Balaban J connectivity index is 1.97. The second-order valence-corrected chi connectivity index (χ2v) is 6.65. The molecule has 1 aromatic carbocycles. The largest absolute Gasteiger partial charge is 0.359 e. The van der Waals surface area contributed by atoms with Gasteiger partial charge in [-0.1, -0.05) is 0 Å². The number of hydrogen-bond acceptors (Lipinski definition) is 3. The van der Waals surface area contributed by atoms with Crippen molar-refractivity contribution in [2.24, 2.45) is 0 Å². The summed E-state index contributed by atoms with van der Waals surface area (Å²) in [4.78, 5) is 16.3. The first-order valence-electron chi connectivity index (χ1n) is 6.18. The Labute approximate surface area is 115 Å². The number of benzene rings is 1. The van der Waals surface area contributed by atoms with Crippen molar-refractivity contribution < 1.29 is 17.1 Å². The number of aryl methyl sites for hydroxylation is 1. The maximum absolute atomic E-state index is 13.0. The molecule has 0 spiro atoms. The van der Waals surface area contributed by atoms with E-state index >= 15 is 0 Å². The fraction of sp³-hybridized carbons (Fsp3) is 0.308. The first kappa shape index (κ1) is 13.1. The number of carbonyl (C=O) groups excluding carboxylic acids is 1. The summed E-state index contributed by atoms with van der Waals surface area (Å²) in [7, 11) is -4.68. The van der Waals surface area contributed by atoms with Crippen LogP contribution in [0.4, 0.5) is 9.57 Å². The van der Waals surface area contributed by atoms with Crippen molar-refractivity contribution in [1.82, 2.24) is 4.98 Å². The second kappa shape index (κ2) is 4.31. The predicted octanol–water partition coefficient (Wildman–Crippen LogP) is 1.88. The van der Waals surface area contributed by atoms with Crippen LogP contribution >= 0.6 is 0 Å². The van der Waals surface area contributed by atoms with Gasteiger partial charge in [0, 0.05) is 35.2 Å². The molecule has 1 saturated heterocycles. The smallest absolute Gasteiger partial charge is 0.307 e. The molecule has 3 rings (SSSR count). The monoisotopic (exact) mass is 296 g/mol. The molecule has 2 heterocycles. The zero-order valence-corrected chi connectivity index (χ0v) is 11.6. The van der Waals surface area contributed by atoms with Gasteiger partial charge < -0.3 is 9.88 Å². The number of rotatable bonds is 2. The van der Waals surface area contributed by atoms with E-state index in [-0.39, 0.29) is 18.9 Å². The van der Waals surface area contributed by atoms with Crippen LogP contribution < -0.4 is 4.90 Å². The first-order chi connectivity index (χ1) is 9.34. The second-order valence-electron chi connectivity index (χ2n) is 5.03. The molecule has 0 saturated carbocycles. The van der Waals surface area contributed by atoms with E-state index in [1.54, 1.807) is 12.1 Å². The highest BCUT2D eigenvalue weighted by molar-refractivity contribution is 7.87. The Morgan fingerprint density at radius 3 is 2.75 bits per heavy atom. The fourth-order valence-corrected chi connectivity index (χ4v) is 3.21. The van der Waals surface area contributed by atoms with Gasteiger partial charge in [-0.25, -0.2) is 0 Å². The Morgan fingerprint density at radius 1 is 1.35 bits per heavy atom. The number of H-pyrrole nitrogens is 1. The zero-order chi connectivity index (χ0) is 14.5. The van der Waals surface area contributed by atoms with Gasteiger partial charge in [0.25, 0.3) is 0 Å². The highest BCUT2D eigenvalue weighted by Crippen LogP contribution is 2.28. The van der Waals surface area contributed by atoms with E-state index in [4.69, 9.17) is 0 Å². The molecule has 1 atom stereocenters. The molecule has 20 heavy (non-hydrogen) atoms. The Morgan fingerprint density at radius 2 is 2.10 bits per heavy atom. The molecule has 5 nitrogen and oxygen atoms in total. The molecule has 7 heteroatoms. The number of anilines is 1. The number of nitrogens with zero attached hydrogens (tertiary/aromatic N) is 1. The molecule has 1 amide bonds. The third-order valence-corrected chi connectivity index (χ3v) is 4.65. The molecule has 106 valence electrons. The lowest BCUT2D eigenvalue weighted by Gasteiger charge is -2.16. The van der Waals surface area contributed by atoms with Crippen molar-refractivity contribution in [3.8, 4) is 0 Å². The van der Waals surface area contributed by atoms with E-state index < -0.39 is 15.5 Å². The predicted molar refractivity (Wildman–Crippen MR) is 73.8 cm³/mol. The van der Waals surface area contributed by atoms with Crippen LogP contribution in [0.3, 0.4) is 0 Å². The van der Waals surface area contributed by atoms with Gasteiger partial charge in [-0.2, -0.15) is 8.42 Å². The van der Waals surface area contributed by atoms with E-state index in [9.17, 15) is 17.1 Å². The van der Waals surface area contributed by atoms with Crippen LogP contribution in [0.2, 0.25) is 0 Å². The van der Waals surface area contributed by atoms with Crippen LogP contribution in [0.5, 0.6) is 0 Å². The van der Waals surface area contributed by atoms with Crippen LogP contribution in [0, 0.1) is 6.92 Å². The van der Waals surface area contributed by atoms with E-state index in [0.29, 0.717) is 5.69 Å². The molecule has 0 aliphatic carbocycles. The fourth-order valence-electron chi connectivity index (χ4n) is 2.55. The molecule has 1 unspecified atom stereocenters. The van der Waals surface area contributed by atoms with E-state index in [2.05, 4.69) is 4.98 Å². The standard InChI is InChI=1S/C13H13FN2O3S/c1-8-4-9-5-10(2-3-12(9)15-8)16-7-11(6-13(16)17)20(14,18)19/h2-5,11,15H,6-7H2,1H3. The van der Waals surface area contributed by atoms with Crippen molar-refractivity contribution in [3.63, 3.8) is 0 Å². The number of hydrogen-bond donors (Lipinski definition) is 1. The summed E-state index contributed by atoms with van der Waals surface area (Å²) < 4.78 is 34.8. The number of aromatic amines is 1. The highest BCUT2D eigenvalue weighted by atomic mass is 32.3.